The van der Waals surface area contributed by atoms with Crippen LogP contribution in [0.1, 0.15) is 32.1 Å². The van der Waals surface area contributed by atoms with E-state index in [4.69, 9.17) is 5.73 Å². The van der Waals surface area contributed by atoms with Crippen LogP contribution in [0, 0.1) is 0 Å². The van der Waals surface area contributed by atoms with Crippen molar-refractivity contribution >= 4 is 17.7 Å². The van der Waals surface area contributed by atoms with E-state index in [1.54, 1.807) is 18.1 Å². The van der Waals surface area contributed by atoms with Gasteiger partial charge in [-0.1, -0.05) is 31.0 Å². The number of hydrogen-bond acceptors (Lipinski definition) is 7. The summed E-state index contributed by atoms with van der Waals surface area (Å²) in [4.78, 5) is 16.5. The summed E-state index contributed by atoms with van der Waals surface area (Å²) in [6.45, 7) is 0. The molecule has 1 fully saturated rings. The van der Waals surface area contributed by atoms with Gasteiger partial charge in [0.1, 0.15) is 12.7 Å². The Labute approximate surface area is 115 Å². The minimum atomic E-state index is 0.221. The Morgan fingerprint density at radius 2 is 2.00 bits per heavy atom. The first-order chi connectivity index (χ1) is 9.31. The molecule has 0 spiro atoms. The summed E-state index contributed by atoms with van der Waals surface area (Å²) in [5.41, 5.74) is 5.73. The molecule has 0 amide bonds. The number of aromatic nitrogens is 6. The molecule has 0 aliphatic heterocycles. The second-order valence-electron chi connectivity index (χ2n) is 4.49. The van der Waals surface area contributed by atoms with Gasteiger partial charge in [-0.05, 0) is 12.8 Å². The fourth-order valence-corrected chi connectivity index (χ4v) is 3.31. The van der Waals surface area contributed by atoms with Crippen molar-refractivity contribution < 1.29 is 0 Å². The van der Waals surface area contributed by atoms with Crippen LogP contribution < -0.4 is 5.73 Å². The Balaban J connectivity index is 1.81. The molecule has 0 bridgehead atoms. The van der Waals surface area contributed by atoms with E-state index in [0.717, 1.165) is 0 Å². The van der Waals surface area contributed by atoms with Gasteiger partial charge in [0.05, 0.1) is 0 Å². The zero-order chi connectivity index (χ0) is 13.1. The second-order valence-corrected chi connectivity index (χ2v) is 5.76. The van der Waals surface area contributed by atoms with Crippen LogP contribution in [0.25, 0.3) is 5.95 Å². The van der Waals surface area contributed by atoms with Crippen LogP contribution in [-0.2, 0) is 0 Å². The van der Waals surface area contributed by atoms with Gasteiger partial charge in [0.25, 0.3) is 5.95 Å². The van der Waals surface area contributed by atoms with E-state index >= 15 is 0 Å². The van der Waals surface area contributed by atoms with Crippen molar-refractivity contribution in [1.82, 2.24) is 29.7 Å². The number of hydrogen-bond donors (Lipinski definition) is 1. The lowest BCUT2D eigenvalue weighted by Crippen LogP contribution is -2.11. The Hall–Kier alpha value is -1.70. The van der Waals surface area contributed by atoms with E-state index in [1.807, 2.05) is 0 Å². The third kappa shape index (κ3) is 3.01. The van der Waals surface area contributed by atoms with Crippen molar-refractivity contribution in [3.8, 4) is 5.95 Å². The van der Waals surface area contributed by atoms with Gasteiger partial charge in [-0.2, -0.15) is 24.7 Å². The maximum atomic E-state index is 5.73. The average Bonchev–Trinajstić information content (AvgIpc) is 2.93. The molecular weight excluding hydrogens is 262 g/mol. The van der Waals surface area contributed by atoms with Crippen LogP contribution in [0.2, 0.25) is 0 Å². The first-order valence-corrected chi connectivity index (χ1v) is 7.22. The monoisotopic (exact) mass is 277 g/mol. The quantitative estimate of drug-likeness (QED) is 0.907. The molecule has 0 radical (unpaired) electrons. The van der Waals surface area contributed by atoms with E-state index in [9.17, 15) is 0 Å². The number of rotatable bonds is 3. The standard InChI is InChI=1S/C11H15N7S/c12-9-15-10(18-7-13-6-14-18)17-11(16-9)19-8-4-2-1-3-5-8/h6-8H,1-5H2,(H2,12,15,16,17). The van der Waals surface area contributed by atoms with Gasteiger partial charge in [-0.15, -0.1) is 0 Å². The topological polar surface area (TPSA) is 95.4 Å². The van der Waals surface area contributed by atoms with Crippen LogP contribution in [0.5, 0.6) is 0 Å². The zero-order valence-corrected chi connectivity index (χ0v) is 11.3. The fraction of sp³-hybridized carbons (Fsp3) is 0.545. The van der Waals surface area contributed by atoms with Gasteiger partial charge in [-0.25, -0.2) is 4.98 Å². The molecular formula is C11H15N7S. The lowest BCUT2D eigenvalue weighted by atomic mass is 10.0. The summed E-state index contributed by atoms with van der Waals surface area (Å²) in [6.07, 6.45) is 9.32. The summed E-state index contributed by atoms with van der Waals surface area (Å²) < 4.78 is 1.49. The summed E-state index contributed by atoms with van der Waals surface area (Å²) in [5.74, 6) is 0.641. The van der Waals surface area contributed by atoms with Crippen molar-refractivity contribution in [2.45, 2.75) is 42.5 Å². The molecule has 7 nitrogen and oxygen atoms in total. The maximum Gasteiger partial charge on any atom is 0.257 e. The SMILES string of the molecule is Nc1nc(SC2CCCCC2)nc(-n2cncn2)n1. The van der Waals surface area contributed by atoms with Gasteiger partial charge in [0.15, 0.2) is 5.16 Å². The predicted octanol–water partition coefficient (Wildman–Crippen LogP) is 1.46. The Bertz CT molecular complexity index is 536. The zero-order valence-electron chi connectivity index (χ0n) is 10.4. The molecule has 1 aliphatic rings. The summed E-state index contributed by atoms with van der Waals surface area (Å²) >= 11 is 1.69. The van der Waals surface area contributed by atoms with E-state index in [-0.39, 0.29) is 5.95 Å². The van der Waals surface area contributed by atoms with Crippen molar-refractivity contribution in [3.63, 3.8) is 0 Å². The number of nitrogens with zero attached hydrogens (tertiary/aromatic N) is 6. The first kappa shape index (κ1) is 12.3. The van der Waals surface area contributed by atoms with Crippen molar-refractivity contribution in [1.29, 1.82) is 0 Å². The molecule has 2 aromatic rings. The lowest BCUT2D eigenvalue weighted by Gasteiger charge is -2.19. The smallest absolute Gasteiger partial charge is 0.257 e. The van der Waals surface area contributed by atoms with Gasteiger partial charge >= 0.3 is 0 Å². The van der Waals surface area contributed by atoms with Crippen LogP contribution in [0.4, 0.5) is 5.95 Å². The molecule has 0 saturated heterocycles. The van der Waals surface area contributed by atoms with Gasteiger partial charge < -0.3 is 5.73 Å². The van der Waals surface area contributed by atoms with Crippen molar-refractivity contribution in [3.05, 3.63) is 12.7 Å². The summed E-state index contributed by atoms with van der Waals surface area (Å²) in [7, 11) is 0. The Morgan fingerprint density at radius 3 is 2.74 bits per heavy atom. The van der Waals surface area contributed by atoms with E-state index in [0.29, 0.717) is 16.4 Å². The first-order valence-electron chi connectivity index (χ1n) is 6.34. The van der Waals surface area contributed by atoms with Crippen LogP contribution in [-0.4, -0.2) is 35.0 Å². The van der Waals surface area contributed by atoms with Crippen LogP contribution >= 0.6 is 11.8 Å². The van der Waals surface area contributed by atoms with Gasteiger partial charge in [-0.3, -0.25) is 0 Å². The predicted molar refractivity (Wildman–Crippen MR) is 71.9 cm³/mol. The minimum absolute atomic E-state index is 0.221. The maximum absolute atomic E-state index is 5.73. The highest BCUT2D eigenvalue weighted by Crippen LogP contribution is 2.31. The van der Waals surface area contributed by atoms with Crippen molar-refractivity contribution in [2.75, 3.05) is 5.73 Å². The molecule has 0 aromatic carbocycles. The van der Waals surface area contributed by atoms with Gasteiger partial charge in [0, 0.05) is 5.25 Å². The van der Waals surface area contributed by atoms with Gasteiger partial charge in [0.2, 0.25) is 5.95 Å². The molecule has 19 heavy (non-hydrogen) atoms. The molecule has 1 aliphatic carbocycles. The third-order valence-corrected chi connectivity index (χ3v) is 4.27. The Kier molecular flexibility index (Phi) is 3.58. The minimum Gasteiger partial charge on any atom is -0.368 e. The normalized spacial score (nSPS) is 16.6. The van der Waals surface area contributed by atoms with Crippen molar-refractivity contribution in [2.24, 2.45) is 0 Å². The Morgan fingerprint density at radius 1 is 1.16 bits per heavy atom. The highest BCUT2D eigenvalue weighted by molar-refractivity contribution is 7.99. The highest BCUT2D eigenvalue weighted by Gasteiger charge is 2.17. The molecule has 8 heteroatoms. The molecule has 2 aromatic heterocycles. The number of anilines is 1. The summed E-state index contributed by atoms with van der Waals surface area (Å²) in [6, 6.07) is 0. The third-order valence-electron chi connectivity index (χ3n) is 3.07. The van der Waals surface area contributed by atoms with E-state index in [2.05, 4.69) is 25.0 Å². The fourth-order valence-electron chi connectivity index (χ4n) is 2.16. The molecule has 3 rings (SSSR count). The summed E-state index contributed by atoms with van der Waals surface area (Å²) in [5, 5.41) is 5.26. The highest BCUT2D eigenvalue weighted by atomic mass is 32.2. The number of nitrogens with two attached hydrogens (primary N) is 1. The largest absolute Gasteiger partial charge is 0.368 e. The molecule has 1 saturated carbocycles. The number of nitrogen functional groups attached to an aromatic ring is 1. The van der Waals surface area contributed by atoms with E-state index in [1.165, 1.54) is 43.1 Å². The van der Waals surface area contributed by atoms with Crippen LogP contribution in [0.3, 0.4) is 0 Å². The molecule has 0 atom stereocenters. The van der Waals surface area contributed by atoms with Crippen LogP contribution in [0.15, 0.2) is 17.8 Å². The second kappa shape index (κ2) is 5.52. The molecule has 0 unspecified atom stereocenters. The lowest BCUT2D eigenvalue weighted by molar-refractivity contribution is 0.515. The van der Waals surface area contributed by atoms with E-state index < -0.39 is 0 Å². The number of thioether (sulfide) groups is 1. The molecule has 2 heterocycles. The average molecular weight is 277 g/mol. The molecule has 2 N–H and O–H groups in total. The molecule has 100 valence electrons.